The van der Waals surface area contributed by atoms with Crippen LogP contribution in [-0.2, 0) is 6.54 Å². The Kier molecular flexibility index (Phi) is 5.50. The first-order valence-corrected chi connectivity index (χ1v) is 8.79. The monoisotopic (exact) mass is 343 g/mol. The van der Waals surface area contributed by atoms with E-state index in [1.54, 1.807) is 13.0 Å². The van der Waals surface area contributed by atoms with Crippen molar-refractivity contribution in [1.29, 1.82) is 0 Å². The lowest BCUT2D eigenvalue weighted by Gasteiger charge is -2.26. The van der Waals surface area contributed by atoms with Gasteiger partial charge in [0.25, 0.3) is 5.69 Å². The zero-order chi connectivity index (χ0) is 17.8. The molecular formula is C19H25N3O3. The summed E-state index contributed by atoms with van der Waals surface area (Å²) in [6.45, 7) is 7.26. The van der Waals surface area contributed by atoms with Crippen LogP contribution in [0.1, 0.15) is 41.5 Å². The third kappa shape index (κ3) is 4.27. The summed E-state index contributed by atoms with van der Waals surface area (Å²) in [5.41, 5.74) is 1.79. The zero-order valence-electron chi connectivity index (χ0n) is 14.8. The van der Waals surface area contributed by atoms with Gasteiger partial charge in [-0.2, -0.15) is 0 Å². The van der Waals surface area contributed by atoms with Crippen LogP contribution in [0.3, 0.4) is 0 Å². The van der Waals surface area contributed by atoms with Crippen LogP contribution in [0.2, 0.25) is 0 Å². The highest BCUT2D eigenvalue weighted by Crippen LogP contribution is 2.26. The molecule has 0 spiro atoms. The lowest BCUT2D eigenvalue weighted by Crippen LogP contribution is -2.33. The van der Waals surface area contributed by atoms with Crippen LogP contribution in [0.5, 0.6) is 0 Å². The zero-order valence-corrected chi connectivity index (χ0v) is 14.8. The Morgan fingerprint density at radius 2 is 2.00 bits per heavy atom. The molecule has 25 heavy (non-hydrogen) atoms. The maximum atomic E-state index is 11.1. The van der Waals surface area contributed by atoms with E-state index in [2.05, 4.69) is 16.3 Å². The summed E-state index contributed by atoms with van der Waals surface area (Å²) in [5, 5.41) is 14.5. The van der Waals surface area contributed by atoms with Crippen LogP contribution < -0.4 is 5.32 Å². The van der Waals surface area contributed by atoms with Crippen molar-refractivity contribution in [1.82, 2.24) is 10.2 Å². The Morgan fingerprint density at radius 1 is 1.24 bits per heavy atom. The van der Waals surface area contributed by atoms with E-state index < -0.39 is 0 Å². The van der Waals surface area contributed by atoms with E-state index in [4.69, 9.17) is 4.42 Å². The molecule has 3 rings (SSSR count). The number of furan rings is 1. The summed E-state index contributed by atoms with van der Waals surface area (Å²) in [5.74, 6) is 1.91. The van der Waals surface area contributed by atoms with E-state index in [1.165, 1.54) is 12.8 Å². The first-order chi connectivity index (χ1) is 12.0. The molecular weight excluding hydrogens is 318 g/mol. The molecule has 0 bridgehead atoms. The van der Waals surface area contributed by atoms with Gasteiger partial charge in [-0.3, -0.25) is 15.0 Å². The lowest BCUT2D eigenvalue weighted by atomic mass is 10.1. The summed E-state index contributed by atoms with van der Waals surface area (Å²) in [6.07, 6.45) is 2.45. The molecule has 6 nitrogen and oxygen atoms in total. The molecule has 0 amide bonds. The molecule has 0 aliphatic carbocycles. The van der Waals surface area contributed by atoms with E-state index >= 15 is 0 Å². The summed E-state index contributed by atoms with van der Waals surface area (Å²) in [7, 11) is 0. The van der Waals surface area contributed by atoms with Crippen molar-refractivity contribution in [3.05, 3.63) is 63.1 Å². The molecule has 1 atom stereocenters. The Labute approximate surface area is 148 Å². The lowest BCUT2D eigenvalue weighted by molar-refractivity contribution is -0.385. The predicted molar refractivity (Wildman–Crippen MR) is 96.5 cm³/mol. The number of aryl methyl sites for hydroxylation is 2. The van der Waals surface area contributed by atoms with Gasteiger partial charge in [0.05, 0.1) is 11.0 Å². The predicted octanol–water partition coefficient (Wildman–Crippen LogP) is 3.73. The van der Waals surface area contributed by atoms with E-state index in [-0.39, 0.29) is 16.7 Å². The Morgan fingerprint density at radius 3 is 2.64 bits per heavy atom. The van der Waals surface area contributed by atoms with Crippen molar-refractivity contribution in [2.24, 2.45) is 0 Å². The van der Waals surface area contributed by atoms with E-state index in [0.717, 1.165) is 36.7 Å². The van der Waals surface area contributed by atoms with Crippen molar-refractivity contribution in [2.75, 3.05) is 19.6 Å². The van der Waals surface area contributed by atoms with Crippen LogP contribution in [0, 0.1) is 24.0 Å². The van der Waals surface area contributed by atoms with Gasteiger partial charge in [0.2, 0.25) is 0 Å². The van der Waals surface area contributed by atoms with E-state index in [0.29, 0.717) is 12.1 Å². The number of nitrogens with one attached hydrogen (secondary N) is 1. The highest BCUT2D eigenvalue weighted by atomic mass is 16.6. The van der Waals surface area contributed by atoms with Gasteiger partial charge >= 0.3 is 0 Å². The first kappa shape index (κ1) is 17.6. The topological polar surface area (TPSA) is 71.6 Å². The molecule has 1 aliphatic heterocycles. The number of hydrogen-bond donors (Lipinski definition) is 1. The highest BCUT2D eigenvalue weighted by molar-refractivity contribution is 5.42. The van der Waals surface area contributed by atoms with Crippen LogP contribution in [-0.4, -0.2) is 29.5 Å². The van der Waals surface area contributed by atoms with Gasteiger partial charge in [-0.25, -0.2) is 0 Å². The largest absolute Gasteiger partial charge is 0.465 e. The quantitative estimate of drug-likeness (QED) is 0.612. The molecule has 1 fully saturated rings. The molecule has 1 aliphatic rings. The molecule has 1 N–H and O–H groups in total. The molecule has 1 aromatic carbocycles. The number of rotatable bonds is 7. The van der Waals surface area contributed by atoms with Gasteiger partial charge in [0.1, 0.15) is 11.5 Å². The van der Waals surface area contributed by atoms with Gasteiger partial charge in [-0.1, -0.05) is 12.1 Å². The molecule has 0 saturated carbocycles. The molecule has 6 heteroatoms. The average molecular weight is 343 g/mol. The number of benzene rings is 1. The second kappa shape index (κ2) is 7.80. The molecule has 134 valence electrons. The smallest absolute Gasteiger partial charge is 0.272 e. The minimum absolute atomic E-state index is 0.178. The fourth-order valence-electron chi connectivity index (χ4n) is 3.41. The normalized spacial score (nSPS) is 16.2. The van der Waals surface area contributed by atoms with Crippen molar-refractivity contribution >= 4 is 5.69 Å². The Hall–Kier alpha value is -2.18. The Balaban J connectivity index is 1.65. The summed E-state index contributed by atoms with van der Waals surface area (Å²) in [6, 6.07) is 9.67. The summed E-state index contributed by atoms with van der Waals surface area (Å²) in [4.78, 5) is 13.2. The van der Waals surface area contributed by atoms with Crippen molar-refractivity contribution in [3.63, 3.8) is 0 Å². The third-order valence-corrected chi connectivity index (χ3v) is 4.81. The average Bonchev–Trinajstić information content (AvgIpc) is 3.24. The minimum Gasteiger partial charge on any atom is -0.465 e. The summed E-state index contributed by atoms with van der Waals surface area (Å²) < 4.78 is 5.86. The molecule has 1 unspecified atom stereocenters. The first-order valence-electron chi connectivity index (χ1n) is 8.79. The van der Waals surface area contributed by atoms with Crippen molar-refractivity contribution in [3.8, 4) is 0 Å². The second-order valence-electron chi connectivity index (χ2n) is 6.72. The fraction of sp³-hybridized carbons (Fsp3) is 0.474. The third-order valence-electron chi connectivity index (χ3n) is 4.81. The van der Waals surface area contributed by atoms with Crippen molar-refractivity contribution < 1.29 is 9.34 Å². The fourth-order valence-corrected chi connectivity index (χ4v) is 3.41. The number of likely N-dealkylation sites (tertiary alicyclic amines) is 1. The maximum absolute atomic E-state index is 11.1. The van der Waals surface area contributed by atoms with Gasteiger partial charge in [0, 0.05) is 24.7 Å². The standard InChI is InChI=1S/C19H25N3O3/c1-14-5-7-16(11-17(14)22(23)24)12-20-13-18(21-9-3-4-10-21)19-8-6-15(2)25-19/h5-8,11,18,20H,3-4,9-10,12-13H2,1-2H3. The number of nitro groups is 1. The van der Waals surface area contributed by atoms with Gasteiger partial charge < -0.3 is 9.73 Å². The summed E-state index contributed by atoms with van der Waals surface area (Å²) >= 11 is 0. The van der Waals surface area contributed by atoms with Gasteiger partial charge in [0.15, 0.2) is 0 Å². The van der Waals surface area contributed by atoms with Gasteiger partial charge in [-0.05, 0) is 57.5 Å². The maximum Gasteiger partial charge on any atom is 0.272 e. The van der Waals surface area contributed by atoms with Crippen molar-refractivity contribution in [2.45, 2.75) is 39.3 Å². The van der Waals surface area contributed by atoms with Crippen LogP contribution in [0.25, 0.3) is 0 Å². The number of nitro benzene ring substituents is 1. The van der Waals surface area contributed by atoms with Gasteiger partial charge in [-0.15, -0.1) is 0 Å². The SMILES string of the molecule is Cc1ccc(C(CNCc2ccc(C)c([N+](=O)[O-])c2)N2CCCC2)o1. The molecule has 2 aromatic rings. The molecule has 2 heterocycles. The minimum atomic E-state index is -0.322. The van der Waals surface area contributed by atoms with Crippen LogP contribution in [0.4, 0.5) is 5.69 Å². The number of hydrogen-bond acceptors (Lipinski definition) is 5. The Bertz CT molecular complexity index is 735. The van der Waals surface area contributed by atoms with E-state index in [1.807, 2.05) is 25.1 Å². The molecule has 1 aromatic heterocycles. The second-order valence-corrected chi connectivity index (χ2v) is 6.72. The number of nitrogens with zero attached hydrogens (tertiary/aromatic N) is 2. The highest BCUT2D eigenvalue weighted by Gasteiger charge is 2.25. The molecule has 1 saturated heterocycles. The molecule has 0 radical (unpaired) electrons. The van der Waals surface area contributed by atoms with Crippen LogP contribution in [0.15, 0.2) is 34.7 Å². The van der Waals surface area contributed by atoms with Crippen LogP contribution >= 0.6 is 0 Å². The van der Waals surface area contributed by atoms with E-state index in [9.17, 15) is 10.1 Å².